The second-order valence-electron chi connectivity index (χ2n) is 6.75. The zero-order valence-electron chi connectivity index (χ0n) is 16.7. The quantitative estimate of drug-likeness (QED) is 0.295. The van der Waals surface area contributed by atoms with E-state index in [9.17, 15) is 4.79 Å². The van der Waals surface area contributed by atoms with Crippen LogP contribution in [0.1, 0.15) is 38.7 Å². The molecule has 1 aromatic carbocycles. The second-order valence-corrected chi connectivity index (χ2v) is 6.75. The molecule has 0 amide bonds. The van der Waals surface area contributed by atoms with Crippen LogP contribution in [0.3, 0.4) is 0 Å². The maximum Gasteiger partial charge on any atom is 0.305 e. The van der Waals surface area contributed by atoms with Gasteiger partial charge in [-0.05, 0) is 32.3 Å². The first-order valence-corrected chi connectivity index (χ1v) is 10.0. The predicted molar refractivity (Wildman–Crippen MR) is 108 cm³/mol. The van der Waals surface area contributed by atoms with Crippen molar-refractivity contribution in [2.45, 2.75) is 39.7 Å². The minimum atomic E-state index is -0.144. The van der Waals surface area contributed by atoms with Gasteiger partial charge in [-0.1, -0.05) is 30.3 Å². The van der Waals surface area contributed by atoms with Crippen LogP contribution >= 0.6 is 0 Å². The lowest BCUT2D eigenvalue weighted by Crippen LogP contribution is -2.40. The molecule has 1 atom stereocenters. The minimum Gasteiger partial charge on any atom is -0.466 e. The fourth-order valence-corrected chi connectivity index (χ4v) is 3.15. The predicted octanol–water partition coefficient (Wildman–Crippen LogP) is 2.83. The lowest BCUT2D eigenvalue weighted by atomic mass is 10.1. The second kappa shape index (κ2) is 12.3. The number of nitrogens with one attached hydrogen (secondary N) is 1. The maximum atomic E-state index is 11.4. The summed E-state index contributed by atoms with van der Waals surface area (Å²) in [5.41, 5.74) is 1.21. The molecule has 1 aliphatic rings. The largest absolute Gasteiger partial charge is 0.466 e. The van der Waals surface area contributed by atoms with Crippen LogP contribution in [0.5, 0.6) is 0 Å². The summed E-state index contributed by atoms with van der Waals surface area (Å²) in [7, 11) is 0. The van der Waals surface area contributed by atoms with Gasteiger partial charge in [0.1, 0.15) is 0 Å². The van der Waals surface area contributed by atoms with Crippen molar-refractivity contribution >= 4 is 11.9 Å². The zero-order valence-corrected chi connectivity index (χ0v) is 16.7. The van der Waals surface area contributed by atoms with Gasteiger partial charge in [0.25, 0.3) is 0 Å². The van der Waals surface area contributed by atoms with Crippen molar-refractivity contribution in [3.63, 3.8) is 0 Å². The van der Waals surface area contributed by atoms with Crippen molar-refractivity contribution < 1.29 is 14.3 Å². The Hall–Kier alpha value is -2.08. The molecule has 0 bridgehead atoms. The number of nitrogens with zero attached hydrogens (tertiary/aromatic N) is 2. The van der Waals surface area contributed by atoms with Gasteiger partial charge in [0.05, 0.1) is 19.8 Å². The number of carbonyl (C=O) groups is 1. The Balaban J connectivity index is 1.72. The van der Waals surface area contributed by atoms with Crippen LogP contribution in [0.15, 0.2) is 35.3 Å². The highest BCUT2D eigenvalue weighted by atomic mass is 16.5. The first-order chi connectivity index (χ1) is 13.2. The number of carbonyl (C=O) groups excluding carboxylic acids is 1. The molecule has 1 heterocycles. The third-order valence-electron chi connectivity index (χ3n) is 4.49. The van der Waals surface area contributed by atoms with Gasteiger partial charge < -0.3 is 19.7 Å². The Morgan fingerprint density at radius 1 is 1.30 bits per heavy atom. The summed E-state index contributed by atoms with van der Waals surface area (Å²) in [5, 5.41) is 3.36. The van der Waals surface area contributed by atoms with Gasteiger partial charge >= 0.3 is 5.97 Å². The molecule has 1 saturated heterocycles. The van der Waals surface area contributed by atoms with Gasteiger partial charge in [0.2, 0.25) is 0 Å². The highest BCUT2D eigenvalue weighted by Gasteiger charge is 2.24. The zero-order chi connectivity index (χ0) is 19.3. The molecule has 0 saturated carbocycles. The Kier molecular flexibility index (Phi) is 9.69. The number of aliphatic imine (C=N–C) groups is 1. The van der Waals surface area contributed by atoms with Crippen LogP contribution < -0.4 is 5.32 Å². The van der Waals surface area contributed by atoms with Crippen molar-refractivity contribution in [1.29, 1.82) is 0 Å². The van der Waals surface area contributed by atoms with E-state index < -0.39 is 0 Å². The Morgan fingerprint density at radius 3 is 2.85 bits per heavy atom. The van der Waals surface area contributed by atoms with E-state index in [-0.39, 0.29) is 5.97 Å². The van der Waals surface area contributed by atoms with Crippen molar-refractivity contribution in [1.82, 2.24) is 10.2 Å². The highest BCUT2D eigenvalue weighted by molar-refractivity contribution is 5.80. The van der Waals surface area contributed by atoms with Crippen LogP contribution in [0.4, 0.5) is 0 Å². The van der Waals surface area contributed by atoms with E-state index in [1.807, 2.05) is 25.1 Å². The molecule has 0 radical (unpaired) electrons. The van der Waals surface area contributed by atoms with Crippen LogP contribution in [0, 0.1) is 5.92 Å². The molecule has 0 spiro atoms. The molecule has 2 rings (SSSR count). The van der Waals surface area contributed by atoms with Gasteiger partial charge in [-0.3, -0.25) is 9.79 Å². The van der Waals surface area contributed by atoms with E-state index in [0.717, 1.165) is 38.6 Å². The number of likely N-dealkylation sites (tertiary alicyclic amines) is 1. The van der Waals surface area contributed by atoms with Crippen LogP contribution in [0.25, 0.3) is 0 Å². The molecule has 150 valence electrons. The summed E-state index contributed by atoms with van der Waals surface area (Å²) in [6.45, 7) is 9.19. The molecule has 1 fully saturated rings. The number of hydrogen-bond acceptors (Lipinski definition) is 4. The van der Waals surface area contributed by atoms with Crippen LogP contribution in [-0.4, -0.2) is 56.2 Å². The molecule has 0 aromatic heterocycles. The number of esters is 1. The van der Waals surface area contributed by atoms with Crippen molar-refractivity contribution in [3.05, 3.63) is 35.9 Å². The summed E-state index contributed by atoms with van der Waals surface area (Å²) < 4.78 is 10.9. The molecule has 6 heteroatoms. The summed E-state index contributed by atoms with van der Waals surface area (Å²) >= 11 is 0. The lowest BCUT2D eigenvalue weighted by molar-refractivity contribution is -0.143. The van der Waals surface area contributed by atoms with Gasteiger partial charge in [-0.15, -0.1) is 0 Å². The summed E-state index contributed by atoms with van der Waals surface area (Å²) in [5.74, 6) is 1.32. The number of hydrogen-bond donors (Lipinski definition) is 1. The Morgan fingerprint density at radius 2 is 2.11 bits per heavy atom. The van der Waals surface area contributed by atoms with Gasteiger partial charge in [0.15, 0.2) is 5.96 Å². The number of rotatable bonds is 10. The van der Waals surface area contributed by atoms with E-state index in [2.05, 4.69) is 34.3 Å². The minimum absolute atomic E-state index is 0.144. The molecule has 6 nitrogen and oxygen atoms in total. The average Bonchev–Trinajstić information content (AvgIpc) is 3.14. The fourth-order valence-electron chi connectivity index (χ4n) is 3.15. The van der Waals surface area contributed by atoms with E-state index in [1.165, 1.54) is 5.56 Å². The van der Waals surface area contributed by atoms with Crippen LogP contribution in [-0.2, 0) is 20.9 Å². The number of guanidine groups is 1. The van der Waals surface area contributed by atoms with E-state index in [4.69, 9.17) is 9.47 Å². The molecular formula is C21H33N3O3. The molecule has 1 N–H and O–H groups in total. The number of benzene rings is 1. The van der Waals surface area contributed by atoms with Gasteiger partial charge in [-0.25, -0.2) is 0 Å². The van der Waals surface area contributed by atoms with Crippen LogP contribution in [0.2, 0.25) is 0 Å². The van der Waals surface area contributed by atoms with E-state index in [0.29, 0.717) is 38.5 Å². The van der Waals surface area contributed by atoms with E-state index in [1.54, 1.807) is 0 Å². The van der Waals surface area contributed by atoms with Gasteiger partial charge in [0, 0.05) is 38.5 Å². The van der Waals surface area contributed by atoms with Crippen molar-refractivity contribution in [2.75, 3.05) is 39.4 Å². The topological polar surface area (TPSA) is 63.2 Å². The first kappa shape index (κ1) is 21.2. The summed E-state index contributed by atoms with van der Waals surface area (Å²) in [4.78, 5) is 18.4. The first-order valence-electron chi connectivity index (χ1n) is 10.0. The molecule has 1 aromatic rings. The SMILES string of the molecule is CCNC(=NCCCC(=O)OCC)N1CCC(COCc2ccccc2)C1. The fraction of sp³-hybridized carbons (Fsp3) is 0.619. The summed E-state index contributed by atoms with van der Waals surface area (Å²) in [6.07, 6.45) is 2.25. The lowest BCUT2D eigenvalue weighted by Gasteiger charge is -2.21. The molecular weight excluding hydrogens is 342 g/mol. The molecule has 27 heavy (non-hydrogen) atoms. The van der Waals surface area contributed by atoms with Crippen molar-refractivity contribution in [3.8, 4) is 0 Å². The normalized spacial score (nSPS) is 17.2. The third kappa shape index (κ3) is 7.99. The third-order valence-corrected chi connectivity index (χ3v) is 4.49. The van der Waals surface area contributed by atoms with Gasteiger partial charge in [-0.2, -0.15) is 0 Å². The smallest absolute Gasteiger partial charge is 0.305 e. The maximum absolute atomic E-state index is 11.4. The highest BCUT2D eigenvalue weighted by Crippen LogP contribution is 2.17. The Bertz CT molecular complexity index is 577. The number of ether oxygens (including phenoxy) is 2. The average molecular weight is 376 g/mol. The standard InChI is InChI=1S/C21H33N3O3/c1-3-22-21(23-13-8-11-20(25)27-4-2)24-14-12-19(15-24)17-26-16-18-9-6-5-7-10-18/h5-7,9-10,19H,3-4,8,11-17H2,1-2H3,(H,22,23). The van der Waals surface area contributed by atoms with Crippen molar-refractivity contribution in [2.24, 2.45) is 10.9 Å². The molecule has 1 aliphatic heterocycles. The Labute approximate surface area is 162 Å². The monoisotopic (exact) mass is 375 g/mol. The molecule has 1 unspecified atom stereocenters. The van der Waals surface area contributed by atoms with E-state index >= 15 is 0 Å². The molecule has 0 aliphatic carbocycles. The summed E-state index contributed by atoms with van der Waals surface area (Å²) in [6, 6.07) is 10.3.